The van der Waals surface area contributed by atoms with Crippen molar-refractivity contribution in [2.45, 2.75) is 0 Å². The standard InChI is InChI=1S/Mo.2N.Si/q+6;2*-3;. The third kappa shape index (κ3) is 13.8. The molecular weight excluding hydrogens is 152 g/mol. The Morgan fingerprint density at radius 3 is 0.750 bits per heavy atom. The fraction of sp³-hybridized carbons (Fsp3) is 0. The molecular formula is MoN2Si. The smallest absolute Gasteiger partial charge is 3.00 e. The number of nitrogens with zero attached hydrogens (tertiary/aromatic N) is 2. The molecule has 0 saturated carbocycles. The van der Waals surface area contributed by atoms with E-state index in [0.717, 1.165) is 0 Å². The molecule has 0 spiro atoms. The van der Waals surface area contributed by atoms with Gasteiger partial charge in [-0.1, -0.05) is 0 Å². The Bertz CT molecular complexity index is 6.00. The molecule has 0 amide bonds. The van der Waals surface area contributed by atoms with Gasteiger partial charge in [0.2, 0.25) is 0 Å². The summed E-state index contributed by atoms with van der Waals surface area (Å²) in [5.41, 5.74) is 0. The van der Waals surface area contributed by atoms with Crippen LogP contribution in [0.2, 0.25) is 0 Å². The van der Waals surface area contributed by atoms with Crippen molar-refractivity contribution in [1.82, 2.24) is 0 Å². The summed E-state index contributed by atoms with van der Waals surface area (Å²) < 4.78 is 0. The molecule has 0 aromatic rings. The van der Waals surface area contributed by atoms with Crippen LogP contribution in [-0.4, -0.2) is 11.0 Å². The quantitative estimate of drug-likeness (QED) is 0.445. The first kappa shape index (κ1) is 104. The topological polar surface area (TPSA) is 61.0 Å². The van der Waals surface area contributed by atoms with Gasteiger partial charge >= 0.3 is 21.1 Å². The van der Waals surface area contributed by atoms with Gasteiger partial charge in [-0.15, -0.1) is 0 Å². The van der Waals surface area contributed by atoms with Crippen LogP contribution in [0.3, 0.4) is 0 Å². The second-order valence-corrected chi connectivity index (χ2v) is 0. The van der Waals surface area contributed by atoms with Gasteiger partial charge in [0, 0.05) is 11.0 Å². The van der Waals surface area contributed by atoms with E-state index in [1.807, 2.05) is 0 Å². The van der Waals surface area contributed by atoms with E-state index in [1.54, 1.807) is 0 Å². The molecule has 0 aliphatic heterocycles. The van der Waals surface area contributed by atoms with Gasteiger partial charge < -0.3 is 12.3 Å². The van der Waals surface area contributed by atoms with E-state index in [2.05, 4.69) is 0 Å². The van der Waals surface area contributed by atoms with E-state index in [9.17, 15) is 0 Å². The van der Waals surface area contributed by atoms with Gasteiger partial charge in [-0.2, -0.15) is 0 Å². The van der Waals surface area contributed by atoms with Crippen LogP contribution in [0, 0.1) is 0 Å². The molecule has 0 N–H and O–H groups in total. The van der Waals surface area contributed by atoms with Gasteiger partial charge in [0.15, 0.2) is 0 Å². The minimum absolute atomic E-state index is 0. The first-order valence-corrected chi connectivity index (χ1v) is 0. The number of rotatable bonds is 0. The molecule has 0 aliphatic rings. The Labute approximate surface area is 44.8 Å². The molecule has 0 heterocycles. The number of hydrogen-bond acceptors (Lipinski definition) is 0. The molecule has 0 saturated heterocycles. The zero-order valence-corrected chi connectivity index (χ0v) is 4.81. The van der Waals surface area contributed by atoms with Crippen LogP contribution >= 0.6 is 0 Å². The Balaban J connectivity index is 0. The van der Waals surface area contributed by atoms with Gasteiger partial charge in [0.25, 0.3) is 0 Å². The molecule has 0 aromatic heterocycles. The second-order valence-electron chi connectivity index (χ2n) is 0. The summed E-state index contributed by atoms with van der Waals surface area (Å²) in [5, 5.41) is 0. The molecule has 0 bridgehead atoms. The van der Waals surface area contributed by atoms with Crippen molar-refractivity contribution in [1.29, 1.82) is 0 Å². The van der Waals surface area contributed by atoms with E-state index in [1.165, 1.54) is 0 Å². The Kier molecular flexibility index (Phi) is 1160. The Hall–Kier alpha value is 0.825. The SMILES string of the molecule is [Mo+6].[N-3].[N-3].[Si]. The normalized spacial score (nSPS) is 0. The van der Waals surface area contributed by atoms with Crippen molar-refractivity contribution in [3.05, 3.63) is 12.3 Å². The van der Waals surface area contributed by atoms with E-state index in [4.69, 9.17) is 0 Å². The molecule has 0 unspecified atom stereocenters. The predicted molar refractivity (Wildman–Crippen MR) is 12.5 cm³/mol. The molecule has 20 valence electrons. The summed E-state index contributed by atoms with van der Waals surface area (Å²) in [6.45, 7) is 0. The van der Waals surface area contributed by atoms with Crippen LogP contribution in [0.25, 0.3) is 12.3 Å². The van der Waals surface area contributed by atoms with Crippen LogP contribution in [0.15, 0.2) is 0 Å². The predicted octanol–water partition coefficient (Wildman–Crippen LogP) is 0.194. The average molecular weight is 152 g/mol. The maximum Gasteiger partial charge on any atom is 6.00 e. The fourth-order valence-corrected chi connectivity index (χ4v) is 0. The molecule has 2 nitrogen and oxygen atoms in total. The van der Waals surface area contributed by atoms with Crippen LogP contribution in [0.1, 0.15) is 0 Å². The van der Waals surface area contributed by atoms with Crippen molar-refractivity contribution in [3.63, 3.8) is 0 Å². The molecule has 0 atom stereocenters. The van der Waals surface area contributed by atoms with Crippen LogP contribution < -0.4 is 0 Å². The molecule has 0 aromatic carbocycles. The van der Waals surface area contributed by atoms with E-state index >= 15 is 0 Å². The van der Waals surface area contributed by atoms with Crippen LogP contribution in [0.4, 0.5) is 0 Å². The third-order valence-corrected chi connectivity index (χ3v) is 0. The van der Waals surface area contributed by atoms with Gasteiger partial charge in [-0.25, -0.2) is 0 Å². The first-order valence-electron chi connectivity index (χ1n) is 0. The molecule has 4 radical (unpaired) electrons. The molecule has 0 rings (SSSR count). The van der Waals surface area contributed by atoms with E-state index in [-0.39, 0.29) is 44.3 Å². The van der Waals surface area contributed by atoms with Crippen molar-refractivity contribution in [2.75, 3.05) is 0 Å². The Morgan fingerprint density at radius 1 is 0.750 bits per heavy atom. The second kappa shape index (κ2) is 44.8. The molecule has 4 heteroatoms. The summed E-state index contributed by atoms with van der Waals surface area (Å²) in [6, 6.07) is 0. The van der Waals surface area contributed by atoms with Crippen molar-refractivity contribution in [2.24, 2.45) is 0 Å². The first-order chi connectivity index (χ1) is 0. The monoisotopic (exact) mass is 154 g/mol. The largest absolute Gasteiger partial charge is 6.00 e. The zero-order valence-electron chi connectivity index (χ0n) is 1.80. The Morgan fingerprint density at radius 2 is 0.750 bits per heavy atom. The van der Waals surface area contributed by atoms with E-state index < -0.39 is 0 Å². The summed E-state index contributed by atoms with van der Waals surface area (Å²) in [7, 11) is 0. The molecule has 4 heavy (non-hydrogen) atoms. The summed E-state index contributed by atoms with van der Waals surface area (Å²) in [6.07, 6.45) is 0. The number of hydrogen-bond donors (Lipinski definition) is 0. The summed E-state index contributed by atoms with van der Waals surface area (Å²) in [5.74, 6) is 0. The van der Waals surface area contributed by atoms with Crippen LogP contribution in [-0.2, 0) is 21.1 Å². The summed E-state index contributed by atoms with van der Waals surface area (Å²) >= 11 is 0. The van der Waals surface area contributed by atoms with E-state index in [0.29, 0.717) is 0 Å². The van der Waals surface area contributed by atoms with Crippen molar-refractivity contribution < 1.29 is 21.1 Å². The van der Waals surface area contributed by atoms with Crippen molar-refractivity contribution >= 4 is 11.0 Å². The zero-order chi connectivity index (χ0) is 0. The van der Waals surface area contributed by atoms with Gasteiger partial charge in [-0.05, 0) is 0 Å². The van der Waals surface area contributed by atoms with Crippen molar-refractivity contribution in [3.8, 4) is 0 Å². The van der Waals surface area contributed by atoms with Gasteiger partial charge in [0.05, 0.1) is 0 Å². The van der Waals surface area contributed by atoms with Gasteiger partial charge in [-0.3, -0.25) is 0 Å². The minimum atomic E-state index is 0. The third-order valence-electron chi connectivity index (χ3n) is 0. The average Bonchev–Trinajstić information content (AvgIpc) is 0. The summed E-state index contributed by atoms with van der Waals surface area (Å²) in [4.78, 5) is 0. The maximum absolute atomic E-state index is 0. The fourth-order valence-electron chi connectivity index (χ4n) is 0. The van der Waals surface area contributed by atoms with Crippen LogP contribution in [0.5, 0.6) is 0 Å². The molecule has 0 aliphatic carbocycles. The molecule has 0 fully saturated rings. The maximum atomic E-state index is 0. The minimum Gasteiger partial charge on any atom is -3.00 e. The van der Waals surface area contributed by atoms with Gasteiger partial charge in [0.1, 0.15) is 0 Å².